The number of carbonyl (C=O) groups is 1. The van der Waals surface area contributed by atoms with E-state index in [9.17, 15) is 4.79 Å². The Kier molecular flexibility index (Phi) is 7.39. The highest BCUT2D eigenvalue weighted by Gasteiger charge is 2.07. The summed E-state index contributed by atoms with van der Waals surface area (Å²) in [6.45, 7) is 5.49. The first kappa shape index (κ1) is 18.0. The van der Waals surface area contributed by atoms with Crippen LogP contribution in [-0.2, 0) is 4.79 Å². The monoisotopic (exact) mass is 322 g/mol. The molecular weight excluding hydrogens is 300 g/mol. The summed E-state index contributed by atoms with van der Waals surface area (Å²) in [5.74, 6) is 1.00. The smallest absolute Gasteiger partial charge is 0.250 e. The van der Waals surface area contributed by atoms with Crippen molar-refractivity contribution in [1.29, 1.82) is 0 Å². The molecule has 0 atom stereocenters. The first-order valence-corrected chi connectivity index (χ1v) is 7.46. The van der Waals surface area contributed by atoms with Crippen LogP contribution in [0.2, 0.25) is 0 Å². The first-order chi connectivity index (χ1) is 10.5. The van der Waals surface area contributed by atoms with Crippen LogP contribution in [0.3, 0.4) is 0 Å². The quantitative estimate of drug-likeness (QED) is 0.644. The van der Waals surface area contributed by atoms with Gasteiger partial charge in [-0.05, 0) is 49.8 Å². The summed E-state index contributed by atoms with van der Waals surface area (Å²) in [5.41, 5.74) is 0.835. The molecule has 0 saturated heterocycles. The molecular formula is C16H22N2O3S. The molecule has 0 unspecified atom stereocenters. The van der Waals surface area contributed by atoms with Crippen LogP contribution < -0.4 is 14.8 Å². The summed E-state index contributed by atoms with van der Waals surface area (Å²) >= 11 is 5.18. The van der Waals surface area contributed by atoms with E-state index in [1.165, 1.54) is 6.08 Å². The Bertz CT molecular complexity index is 554. The number of thiocarbonyl (C=S) groups is 1. The molecule has 120 valence electrons. The fraction of sp³-hybridized carbons (Fsp3) is 0.375. The molecule has 0 aliphatic heterocycles. The number of hydrogen-bond donors (Lipinski definition) is 1. The molecule has 0 saturated carbocycles. The van der Waals surface area contributed by atoms with Crippen LogP contribution in [0, 0.1) is 0 Å². The Morgan fingerprint density at radius 1 is 1.23 bits per heavy atom. The molecule has 6 heteroatoms. The molecule has 0 bridgehead atoms. The predicted octanol–water partition coefficient (Wildman–Crippen LogP) is 2.46. The standard InChI is InChI=1S/C16H22N2O3S/c1-5-18(6-2)16(22)17-15(19)10-8-12-7-9-13(20-3)14(11-12)21-4/h7-11H,5-6H2,1-4H3,(H,17,19,22)/b10-8+. The number of rotatable bonds is 6. The molecule has 0 spiro atoms. The van der Waals surface area contributed by atoms with E-state index in [1.807, 2.05) is 24.8 Å². The minimum absolute atomic E-state index is 0.258. The molecule has 1 aromatic carbocycles. The van der Waals surface area contributed by atoms with Crippen LogP contribution in [0.25, 0.3) is 6.08 Å². The van der Waals surface area contributed by atoms with Gasteiger partial charge in [0.1, 0.15) is 0 Å². The maximum atomic E-state index is 11.9. The zero-order chi connectivity index (χ0) is 16.5. The van der Waals surface area contributed by atoms with E-state index < -0.39 is 0 Å². The van der Waals surface area contributed by atoms with Gasteiger partial charge in [-0.1, -0.05) is 6.07 Å². The molecule has 0 aliphatic rings. The van der Waals surface area contributed by atoms with Gasteiger partial charge in [-0.15, -0.1) is 0 Å². The highest BCUT2D eigenvalue weighted by Crippen LogP contribution is 2.27. The molecule has 22 heavy (non-hydrogen) atoms. The van der Waals surface area contributed by atoms with Gasteiger partial charge in [0.05, 0.1) is 14.2 Å². The van der Waals surface area contributed by atoms with Gasteiger partial charge in [0.2, 0.25) is 5.91 Å². The summed E-state index contributed by atoms with van der Waals surface area (Å²) < 4.78 is 10.4. The number of benzene rings is 1. The Morgan fingerprint density at radius 2 is 1.86 bits per heavy atom. The van der Waals surface area contributed by atoms with E-state index in [0.717, 1.165) is 18.7 Å². The number of carbonyl (C=O) groups excluding carboxylic acids is 1. The Morgan fingerprint density at radius 3 is 2.41 bits per heavy atom. The van der Waals surface area contributed by atoms with Gasteiger partial charge in [0.25, 0.3) is 0 Å². The summed E-state index contributed by atoms with van der Waals surface area (Å²) in [4.78, 5) is 13.8. The lowest BCUT2D eigenvalue weighted by Crippen LogP contribution is -2.41. The van der Waals surface area contributed by atoms with Gasteiger partial charge in [0.15, 0.2) is 16.6 Å². The van der Waals surface area contributed by atoms with Crippen LogP contribution in [0.5, 0.6) is 11.5 Å². The van der Waals surface area contributed by atoms with Crippen molar-refractivity contribution in [3.8, 4) is 11.5 Å². The van der Waals surface area contributed by atoms with E-state index in [4.69, 9.17) is 21.7 Å². The fourth-order valence-electron chi connectivity index (χ4n) is 1.87. The van der Waals surface area contributed by atoms with Gasteiger partial charge < -0.3 is 14.4 Å². The van der Waals surface area contributed by atoms with Crippen molar-refractivity contribution in [3.63, 3.8) is 0 Å². The van der Waals surface area contributed by atoms with Gasteiger partial charge >= 0.3 is 0 Å². The molecule has 1 N–H and O–H groups in total. The third-order valence-corrected chi connectivity index (χ3v) is 3.48. The summed E-state index contributed by atoms with van der Waals surface area (Å²) in [7, 11) is 3.15. The van der Waals surface area contributed by atoms with Crippen molar-refractivity contribution in [2.75, 3.05) is 27.3 Å². The van der Waals surface area contributed by atoms with Crippen LogP contribution >= 0.6 is 12.2 Å². The van der Waals surface area contributed by atoms with Crippen molar-refractivity contribution in [3.05, 3.63) is 29.8 Å². The van der Waals surface area contributed by atoms with Crippen molar-refractivity contribution in [1.82, 2.24) is 10.2 Å². The molecule has 0 aromatic heterocycles. The van der Waals surface area contributed by atoms with E-state index in [-0.39, 0.29) is 5.91 Å². The van der Waals surface area contributed by atoms with Gasteiger partial charge in [-0.3, -0.25) is 10.1 Å². The summed E-state index contributed by atoms with van der Waals surface area (Å²) in [6.07, 6.45) is 3.14. The highest BCUT2D eigenvalue weighted by molar-refractivity contribution is 7.80. The topological polar surface area (TPSA) is 50.8 Å². The summed E-state index contributed by atoms with van der Waals surface area (Å²) in [6, 6.07) is 5.43. The second kappa shape index (κ2) is 9.04. The van der Waals surface area contributed by atoms with Crippen molar-refractivity contribution < 1.29 is 14.3 Å². The predicted molar refractivity (Wildman–Crippen MR) is 92.2 cm³/mol. The van der Waals surface area contributed by atoms with E-state index in [2.05, 4.69) is 5.32 Å². The largest absolute Gasteiger partial charge is 0.493 e. The second-order valence-corrected chi connectivity index (χ2v) is 4.80. The van der Waals surface area contributed by atoms with Gasteiger partial charge in [-0.25, -0.2) is 0 Å². The number of amides is 1. The van der Waals surface area contributed by atoms with Crippen LogP contribution in [0.1, 0.15) is 19.4 Å². The zero-order valence-electron chi connectivity index (χ0n) is 13.4. The maximum absolute atomic E-state index is 11.9. The Labute approximate surface area is 136 Å². The molecule has 0 heterocycles. The molecule has 1 rings (SSSR count). The SMILES string of the molecule is CCN(CC)C(=S)NC(=O)/C=C/c1ccc(OC)c(OC)c1. The number of ether oxygens (including phenoxy) is 2. The lowest BCUT2D eigenvalue weighted by atomic mass is 10.2. The van der Waals surface area contributed by atoms with Crippen molar-refractivity contribution >= 4 is 29.3 Å². The first-order valence-electron chi connectivity index (χ1n) is 7.05. The van der Waals surface area contributed by atoms with Crippen LogP contribution in [0.15, 0.2) is 24.3 Å². The number of nitrogens with zero attached hydrogens (tertiary/aromatic N) is 1. The number of hydrogen-bond acceptors (Lipinski definition) is 4. The van der Waals surface area contributed by atoms with E-state index in [0.29, 0.717) is 16.6 Å². The van der Waals surface area contributed by atoms with E-state index >= 15 is 0 Å². The highest BCUT2D eigenvalue weighted by atomic mass is 32.1. The van der Waals surface area contributed by atoms with Crippen molar-refractivity contribution in [2.24, 2.45) is 0 Å². The molecule has 0 radical (unpaired) electrons. The zero-order valence-corrected chi connectivity index (χ0v) is 14.2. The summed E-state index contributed by atoms with van der Waals surface area (Å²) in [5, 5.41) is 3.12. The number of methoxy groups -OCH3 is 2. The van der Waals surface area contributed by atoms with E-state index in [1.54, 1.807) is 32.4 Å². The fourth-order valence-corrected chi connectivity index (χ4v) is 2.22. The third-order valence-electron chi connectivity index (χ3n) is 3.12. The molecule has 0 fully saturated rings. The minimum Gasteiger partial charge on any atom is -0.493 e. The normalized spacial score (nSPS) is 10.4. The molecule has 1 amide bonds. The van der Waals surface area contributed by atoms with Crippen LogP contribution in [-0.4, -0.2) is 43.2 Å². The van der Waals surface area contributed by atoms with Gasteiger partial charge in [-0.2, -0.15) is 0 Å². The lowest BCUT2D eigenvalue weighted by Gasteiger charge is -2.21. The molecule has 1 aromatic rings. The molecule has 5 nitrogen and oxygen atoms in total. The molecule has 0 aliphatic carbocycles. The third kappa shape index (κ3) is 5.04. The van der Waals surface area contributed by atoms with Crippen molar-refractivity contribution in [2.45, 2.75) is 13.8 Å². The Hall–Kier alpha value is -2.08. The average molecular weight is 322 g/mol. The maximum Gasteiger partial charge on any atom is 0.250 e. The van der Waals surface area contributed by atoms with Crippen LogP contribution in [0.4, 0.5) is 0 Å². The minimum atomic E-state index is -0.258. The second-order valence-electron chi connectivity index (χ2n) is 4.41. The lowest BCUT2D eigenvalue weighted by molar-refractivity contribution is -0.115. The number of nitrogens with one attached hydrogen (secondary N) is 1. The average Bonchev–Trinajstić information content (AvgIpc) is 2.53. The Balaban J connectivity index is 2.72. The van der Waals surface area contributed by atoms with Gasteiger partial charge in [0, 0.05) is 19.2 Å².